The second-order valence-electron chi connectivity index (χ2n) is 6.12. The Morgan fingerprint density at radius 3 is 2.34 bits per heavy atom. The van der Waals surface area contributed by atoms with Crippen LogP contribution in [-0.4, -0.2) is 39.0 Å². The number of hydrogen-bond acceptors (Lipinski definition) is 5. The highest BCUT2D eigenvalue weighted by atomic mass is 35.5. The van der Waals surface area contributed by atoms with Crippen molar-refractivity contribution in [2.24, 2.45) is 0 Å². The first-order chi connectivity index (χ1) is 13.7. The molecule has 0 aromatic heterocycles. The van der Waals surface area contributed by atoms with Crippen LogP contribution in [0.4, 0.5) is 5.69 Å². The van der Waals surface area contributed by atoms with Gasteiger partial charge in [-0.25, -0.2) is 8.42 Å². The normalized spacial score (nSPS) is 12.4. The quantitative estimate of drug-likeness (QED) is 0.337. The molecule has 2 aromatic rings. The van der Waals surface area contributed by atoms with Crippen molar-refractivity contribution in [1.29, 1.82) is 0 Å². The molecule has 158 valence electrons. The van der Waals surface area contributed by atoms with Gasteiger partial charge in [-0.2, -0.15) is 11.8 Å². The van der Waals surface area contributed by atoms with Crippen molar-refractivity contribution >= 4 is 68.2 Å². The van der Waals surface area contributed by atoms with Gasteiger partial charge in [0, 0.05) is 16.1 Å². The van der Waals surface area contributed by atoms with E-state index in [1.54, 1.807) is 19.1 Å². The summed E-state index contributed by atoms with van der Waals surface area (Å²) in [6.07, 6.45) is 0.483. The number of halogens is 3. The molecule has 0 aliphatic carbocycles. The fourth-order valence-corrected chi connectivity index (χ4v) is 5.75. The molecule has 2 rings (SSSR count). The minimum absolute atomic E-state index is 0.0898. The maximum absolute atomic E-state index is 13.4. The lowest BCUT2D eigenvalue weighted by atomic mass is 10.2. The van der Waals surface area contributed by atoms with Crippen molar-refractivity contribution in [1.82, 2.24) is 0 Å². The predicted molar refractivity (Wildman–Crippen MR) is 121 cm³/mol. The SMILES string of the molecule is COC(=O)CSCC[C@@H](C)N(c1cc(Cl)ccc1Cl)S(=O)(=O)c1ccc(Cl)cc1. The van der Waals surface area contributed by atoms with Crippen LogP contribution in [0.1, 0.15) is 13.3 Å². The van der Waals surface area contributed by atoms with Gasteiger partial charge in [-0.1, -0.05) is 34.8 Å². The maximum Gasteiger partial charge on any atom is 0.315 e. The van der Waals surface area contributed by atoms with E-state index in [-0.39, 0.29) is 21.6 Å². The topological polar surface area (TPSA) is 63.7 Å². The highest BCUT2D eigenvalue weighted by molar-refractivity contribution is 7.99. The molecule has 0 N–H and O–H groups in total. The molecule has 0 fully saturated rings. The van der Waals surface area contributed by atoms with E-state index in [2.05, 4.69) is 4.74 Å². The molecule has 0 amide bonds. The summed E-state index contributed by atoms with van der Waals surface area (Å²) in [5.74, 6) is 0.429. The minimum atomic E-state index is -3.94. The minimum Gasteiger partial charge on any atom is -0.468 e. The van der Waals surface area contributed by atoms with Crippen LogP contribution in [0.5, 0.6) is 0 Å². The fourth-order valence-electron chi connectivity index (χ4n) is 2.56. The summed E-state index contributed by atoms with van der Waals surface area (Å²) in [6, 6.07) is 10.2. The van der Waals surface area contributed by atoms with E-state index in [4.69, 9.17) is 34.8 Å². The van der Waals surface area contributed by atoms with E-state index in [0.717, 1.165) is 0 Å². The van der Waals surface area contributed by atoms with Gasteiger partial charge in [-0.3, -0.25) is 9.10 Å². The Balaban J connectivity index is 2.37. The number of thioether (sulfide) groups is 1. The highest BCUT2D eigenvalue weighted by Crippen LogP contribution is 2.35. The van der Waals surface area contributed by atoms with Crippen LogP contribution in [0.2, 0.25) is 15.1 Å². The number of rotatable bonds is 9. The number of carbonyl (C=O) groups is 1. The van der Waals surface area contributed by atoms with Gasteiger partial charge >= 0.3 is 5.97 Å². The van der Waals surface area contributed by atoms with Crippen LogP contribution in [0.3, 0.4) is 0 Å². The fraction of sp³-hybridized carbons (Fsp3) is 0.316. The summed E-state index contributed by atoms with van der Waals surface area (Å²) in [6.45, 7) is 1.78. The maximum atomic E-state index is 13.4. The Hall–Kier alpha value is -1.12. The Labute approximate surface area is 190 Å². The second kappa shape index (κ2) is 10.8. The van der Waals surface area contributed by atoms with E-state index >= 15 is 0 Å². The number of carbonyl (C=O) groups excluding carboxylic acids is 1. The molecule has 10 heteroatoms. The molecule has 2 aromatic carbocycles. The Morgan fingerprint density at radius 1 is 1.10 bits per heavy atom. The third-order valence-corrected chi connectivity index (χ3v) is 7.76. The molecule has 29 heavy (non-hydrogen) atoms. The monoisotopic (exact) mass is 495 g/mol. The standard InChI is InChI=1S/C19H20Cl3NO4S2/c1-13(9-10-28-12-19(24)27-2)23(18-11-15(21)5-8-17(18)22)29(25,26)16-6-3-14(20)4-7-16/h3-8,11,13H,9-10,12H2,1-2H3/t13-/m1/s1. The molecular weight excluding hydrogens is 477 g/mol. The summed E-state index contributed by atoms with van der Waals surface area (Å²) in [5, 5.41) is 1.07. The third kappa shape index (κ3) is 6.43. The lowest BCUT2D eigenvalue weighted by Crippen LogP contribution is -2.39. The zero-order chi connectivity index (χ0) is 21.6. The first kappa shape index (κ1) is 24.2. The lowest BCUT2D eigenvalue weighted by molar-refractivity contribution is -0.137. The molecule has 0 heterocycles. The molecule has 0 aliphatic heterocycles. The molecule has 0 unspecified atom stereocenters. The summed E-state index contributed by atoms with van der Waals surface area (Å²) >= 11 is 19.7. The average molecular weight is 497 g/mol. The number of benzene rings is 2. The smallest absolute Gasteiger partial charge is 0.315 e. The molecule has 0 radical (unpaired) electrons. The number of hydrogen-bond donors (Lipinski definition) is 0. The van der Waals surface area contributed by atoms with Crippen molar-refractivity contribution in [3.05, 3.63) is 57.5 Å². The van der Waals surface area contributed by atoms with Gasteiger partial charge in [0.2, 0.25) is 0 Å². The van der Waals surface area contributed by atoms with Gasteiger partial charge in [0.15, 0.2) is 0 Å². The van der Waals surface area contributed by atoms with Gasteiger partial charge < -0.3 is 4.74 Å². The van der Waals surface area contributed by atoms with Crippen LogP contribution in [0.15, 0.2) is 47.4 Å². The van der Waals surface area contributed by atoms with Gasteiger partial charge in [0.1, 0.15) is 0 Å². The van der Waals surface area contributed by atoms with E-state index in [1.807, 2.05) is 0 Å². The number of anilines is 1. The third-order valence-electron chi connectivity index (χ3n) is 4.04. The highest BCUT2D eigenvalue weighted by Gasteiger charge is 2.31. The number of methoxy groups -OCH3 is 1. The van der Waals surface area contributed by atoms with Crippen molar-refractivity contribution in [2.75, 3.05) is 22.9 Å². The van der Waals surface area contributed by atoms with E-state index in [0.29, 0.717) is 27.9 Å². The number of esters is 1. The lowest BCUT2D eigenvalue weighted by Gasteiger charge is -2.31. The van der Waals surface area contributed by atoms with Gasteiger partial charge in [-0.15, -0.1) is 0 Å². The summed E-state index contributed by atoms with van der Waals surface area (Å²) < 4.78 is 32.8. The molecule has 0 spiro atoms. The zero-order valence-electron chi connectivity index (χ0n) is 15.8. The molecule has 0 bridgehead atoms. The molecular formula is C19H20Cl3NO4S2. The van der Waals surface area contributed by atoms with Gasteiger partial charge in [0.05, 0.1) is 28.5 Å². The first-order valence-corrected chi connectivity index (χ1v) is 12.3. The molecule has 0 aliphatic rings. The zero-order valence-corrected chi connectivity index (χ0v) is 19.7. The van der Waals surface area contributed by atoms with Crippen LogP contribution < -0.4 is 4.31 Å². The van der Waals surface area contributed by atoms with Gasteiger partial charge in [0.25, 0.3) is 10.0 Å². The molecule has 5 nitrogen and oxygen atoms in total. The van der Waals surface area contributed by atoms with Crippen LogP contribution >= 0.6 is 46.6 Å². The predicted octanol–water partition coefficient (Wildman–Crippen LogP) is 5.53. The first-order valence-electron chi connectivity index (χ1n) is 8.56. The Morgan fingerprint density at radius 2 is 1.72 bits per heavy atom. The average Bonchev–Trinajstić information content (AvgIpc) is 2.68. The summed E-state index contributed by atoms with van der Waals surface area (Å²) in [4.78, 5) is 11.4. The van der Waals surface area contributed by atoms with Crippen molar-refractivity contribution in [3.8, 4) is 0 Å². The van der Waals surface area contributed by atoms with Crippen LogP contribution in [0.25, 0.3) is 0 Å². The van der Waals surface area contributed by atoms with Crippen molar-refractivity contribution in [2.45, 2.75) is 24.3 Å². The van der Waals surface area contributed by atoms with Crippen molar-refractivity contribution < 1.29 is 17.9 Å². The number of nitrogens with zero attached hydrogens (tertiary/aromatic N) is 1. The van der Waals surface area contributed by atoms with Crippen molar-refractivity contribution in [3.63, 3.8) is 0 Å². The number of ether oxygens (including phenoxy) is 1. The summed E-state index contributed by atoms with van der Waals surface area (Å²) in [5.41, 5.74) is 0.291. The van der Waals surface area contributed by atoms with E-state index in [1.165, 1.54) is 53.5 Å². The molecule has 0 saturated carbocycles. The number of sulfonamides is 1. The second-order valence-corrected chi connectivity index (χ2v) is 10.3. The summed E-state index contributed by atoms with van der Waals surface area (Å²) in [7, 11) is -2.61. The largest absolute Gasteiger partial charge is 0.468 e. The van der Waals surface area contributed by atoms with E-state index < -0.39 is 16.1 Å². The molecule has 1 atom stereocenters. The van der Waals surface area contributed by atoms with Crippen LogP contribution in [0, 0.1) is 0 Å². The van der Waals surface area contributed by atoms with Gasteiger partial charge in [-0.05, 0) is 61.6 Å². The Bertz CT molecular complexity index is 952. The van der Waals surface area contributed by atoms with Crippen LogP contribution in [-0.2, 0) is 19.6 Å². The molecule has 0 saturated heterocycles. The Kier molecular flexibility index (Phi) is 8.97. The van der Waals surface area contributed by atoms with E-state index in [9.17, 15) is 13.2 Å².